The number of nitrogens with zero attached hydrogens (tertiary/aromatic N) is 1. The van der Waals surface area contributed by atoms with Gasteiger partial charge in [-0.1, -0.05) is 49.1 Å². The van der Waals surface area contributed by atoms with Crippen LogP contribution in [0.3, 0.4) is 0 Å². The van der Waals surface area contributed by atoms with Crippen molar-refractivity contribution in [2.24, 2.45) is 0 Å². The summed E-state index contributed by atoms with van der Waals surface area (Å²) in [5, 5.41) is 6.17. The third-order valence-electron chi connectivity index (χ3n) is 5.27. The monoisotopic (exact) mass is 449 g/mol. The quantitative estimate of drug-likeness (QED) is 0.625. The van der Waals surface area contributed by atoms with Crippen molar-refractivity contribution in [3.8, 4) is 0 Å². The lowest BCUT2D eigenvalue weighted by atomic mass is 9.95. The van der Waals surface area contributed by atoms with E-state index in [1.807, 2.05) is 6.07 Å². The first-order valence-electron chi connectivity index (χ1n) is 10.3. The Balaban J connectivity index is 1.74. The van der Waals surface area contributed by atoms with Crippen molar-refractivity contribution in [1.82, 2.24) is 5.32 Å². The molecule has 3 rings (SSSR count). The molecule has 1 fully saturated rings. The zero-order valence-electron chi connectivity index (χ0n) is 17.1. The van der Waals surface area contributed by atoms with Gasteiger partial charge in [-0.05, 0) is 50.1 Å². The molecule has 1 amide bonds. The van der Waals surface area contributed by atoms with Crippen LogP contribution in [0.25, 0.3) is 0 Å². The van der Waals surface area contributed by atoms with Gasteiger partial charge in [-0.15, -0.1) is 0 Å². The van der Waals surface area contributed by atoms with Crippen LogP contribution in [0.5, 0.6) is 0 Å². The molecule has 1 aliphatic rings. The summed E-state index contributed by atoms with van der Waals surface area (Å²) >= 11 is 6.24. The number of para-hydroxylation sites is 1. The van der Waals surface area contributed by atoms with Crippen LogP contribution in [-0.2, 0) is 14.8 Å². The number of benzene rings is 2. The maximum atomic E-state index is 13.3. The molecule has 2 N–H and O–H groups in total. The molecule has 2 aromatic rings. The highest BCUT2D eigenvalue weighted by atomic mass is 35.5. The van der Waals surface area contributed by atoms with Crippen LogP contribution in [0.15, 0.2) is 53.4 Å². The van der Waals surface area contributed by atoms with Crippen LogP contribution in [0.2, 0.25) is 5.02 Å². The number of anilines is 2. The Morgan fingerprint density at radius 2 is 1.80 bits per heavy atom. The number of halogens is 1. The molecule has 0 aliphatic heterocycles. The van der Waals surface area contributed by atoms with Gasteiger partial charge in [-0.3, -0.25) is 9.10 Å². The number of carbonyl (C=O) groups excluding carboxylic acids is 1. The molecule has 2 aromatic carbocycles. The number of nitrogens with one attached hydrogen (secondary N) is 2. The summed E-state index contributed by atoms with van der Waals surface area (Å²) in [5.74, 6) is -0.207. The van der Waals surface area contributed by atoms with Crippen LogP contribution in [0.1, 0.15) is 39.0 Å². The third kappa shape index (κ3) is 5.53. The third-order valence-corrected chi connectivity index (χ3v) is 7.66. The topological polar surface area (TPSA) is 78.5 Å². The zero-order chi connectivity index (χ0) is 21.6. The van der Waals surface area contributed by atoms with Crippen molar-refractivity contribution < 1.29 is 13.2 Å². The van der Waals surface area contributed by atoms with Gasteiger partial charge in [0.15, 0.2) is 0 Å². The Morgan fingerprint density at radius 1 is 1.10 bits per heavy atom. The van der Waals surface area contributed by atoms with Gasteiger partial charge in [0.1, 0.15) is 4.90 Å². The standard InChI is InChI=1S/C22H28ClN3O3S/c1-2-26(19-11-7-4-8-12-19)30(28,29)21-15-18(13-14-20(21)23)25-22(27)16-24-17-9-5-3-6-10-17/h4,7-8,11-15,17,24H,2-3,5-6,9-10,16H2,1H3,(H,25,27). The lowest BCUT2D eigenvalue weighted by Crippen LogP contribution is -2.37. The number of carbonyl (C=O) groups is 1. The second-order valence-corrected chi connectivity index (χ2v) is 9.65. The van der Waals surface area contributed by atoms with E-state index in [4.69, 9.17) is 11.6 Å². The van der Waals surface area contributed by atoms with E-state index in [-0.39, 0.29) is 28.9 Å². The number of hydrogen-bond donors (Lipinski definition) is 2. The first-order chi connectivity index (χ1) is 14.4. The zero-order valence-corrected chi connectivity index (χ0v) is 18.7. The minimum absolute atomic E-state index is 0.0343. The van der Waals surface area contributed by atoms with Crippen molar-refractivity contribution in [1.29, 1.82) is 0 Å². The van der Waals surface area contributed by atoms with Gasteiger partial charge in [-0.2, -0.15) is 0 Å². The Kier molecular flexibility index (Phi) is 7.75. The predicted molar refractivity (Wildman–Crippen MR) is 122 cm³/mol. The molecule has 162 valence electrons. The SMILES string of the molecule is CCN(c1ccccc1)S(=O)(=O)c1cc(NC(=O)CNC2CCCCC2)ccc1Cl. The molecule has 0 heterocycles. The normalized spacial score (nSPS) is 15.0. The van der Waals surface area contributed by atoms with E-state index in [1.165, 1.54) is 35.7 Å². The van der Waals surface area contributed by atoms with E-state index in [1.54, 1.807) is 37.3 Å². The highest BCUT2D eigenvalue weighted by Gasteiger charge is 2.26. The summed E-state index contributed by atoms with van der Waals surface area (Å²) < 4.78 is 27.8. The van der Waals surface area contributed by atoms with E-state index in [0.29, 0.717) is 17.4 Å². The van der Waals surface area contributed by atoms with Crippen LogP contribution < -0.4 is 14.9 Å². The van der Waals surface area contributed by atoms with E-state index in [9.17, 15) is 13.2 Å². The molecule has 0 atom stereocenters. The van der Waals surface area contributed by atoms with E-state index in [0.717, 1.165) is 12.8 Å². The van der Waals surface area contributed by atoms with Gasteiger partial charge in [0, 0.05) is 18.3 Å². The predicted octanol–water partition coefficient (Wildman–Crippen LogP) is 4.42. The Morgan fingerprint density at radius 3 is 2.47 bits per heavy atom. The molecule has 0 saturated heterocycles. The summed E-state index contributed by atoms with van der Waals surface area (Å²) in [4.78, 5) is 12.3. The van der Waals surface area contributed by atoms with Crippen molar-refractivity contribution in [3.05, 3.63) is 53.6 Å². The lowest BCUT2D eigenvalue weighted by Gasteiger charge is -2.24. The van der Waals surface area contributed by atoms with E-state index in [2.05, 4.69) is 10.6 Å². The fourth-order valence-electron chi connectivity index (χ4n) is 3.73. The van der Waals surface area contributed by atoms with E-state index >= 15 is 0 Å². The first kappa shape index (κ1) is 22.6. The number of amides is 1. The van der Waals surface area contributed by atoms with Crippen LogP contribution >= 0.6 is 11.6 Å². The van der Waals surface area contributed by atoms with Gasteiger partial charge < -0.3 is 10.6 Å². The average molecular weight is 450 g/mol. The first-order valence-corrected chi connectivity index (χ1v) is 12.1. The van der Waals surface area contributed by atoms with Crippen molar-refractivity contribution in [2.45, 2.75) is 50.0 Å². The second kappa shape index (κ2) is 10.3. The van der Waals surface area contributed by atoms with Gasteiger partial charge in [0.2, 0.25) is 5.91 Å². The second-order valence-electron chi connectivity index (χ2n) is 7.41. The number of rotatable bonds is 8. The van der Waals surface area contributed by atoms with E-state index < -0.39 is 10.0 Å². The molecular formula is C22H28ClN3O3S. The summed E-state index contributed by atoms with van der Waals surface area (Å²) in [7, 11) is -3.89. The van der Waals surface area contributed by atoms with Gasteiger partial charge >= 0.3 is 0 Å². The van der Waals surface area contributed by atoms with Gasteiger partial charge in [0.25, 0.3) is 10.0 Å². The van der Waals surface area contributed by atoms with Gasteiger partial charge in [0.05, 0.1) is 17.3 Å². The molecule has 0 spiro atoms. The molecule has 0 bridgehead atoms. The van der Waals surface area contributed by atoms with Crippen molar-refractivity contribution >= 4 is 38.9 Å². The Hall–Kier alpha value is -2.09. The fourth-order valence-corrected chi connectivity index (χ4v) is 5.71. The maximum absolute atomic E-state index is 13.3. The molecule has 0 aromatic heterocycles. The number of hydrogen-bond acceptors (Lipinski definition) is 4. The molecule has 1 aliphatic carbocycles. The van der Waals surface area contributed by atoms with Crippen molar-refractivity contribution in [2.75, 3.05) is 22.7 Å². The van der Waals surface area contributed by atoms with Crippen LogP contribution in [0, 0.1) is 0 Å². The molecule has 8 heteroatoms. The maximum Gasteiger partial charge on any atom is 0.265 e. The summed E-state index contributed by atoms with van der Waals surface area (Å²) in [5.41, 5.74) is 0.958. The number of sulfonamides is 1. The van der Waals surface area contributed by atoms with Crippen molar-refractivity contribution in [3.63, 3.8) is 0 Å². The van der Waals surface area contributed by atoms with Gasteiger partial charge in [-0.25, -0.2) is 8.42 Å². The smallest absolute Gasteiger partial charge is 0.265 e. The Bertz CT molecular complexity index is 961. The Labute approximate surface area is 183 Å². The molecule has 30 heavy (non-hydrogen) atoms. The molecule has 0 unspecified atom stereocenters. The van der Waals surface area contributed by atoms with Crippen LogP contribution in [0.4, 0.5) is 11.4 Å². The minimum Gasteiger partial charge on any atom is -0.325 e. The molecule has 1 saturated carbocycles. The minimum atomic E-state index is -3.89. The summed E-state index contributed by atoms with van der Waals surface area (Å²) in [6.07, 6.45) is 5.80. The molecule has 0 radical (unpaired) electrons. The van der Waals surface area contributed by atoms with Crippen LogP contribution in [-0.4, -0.2) is 33.5 Å². The average Bonchev–Trinajstić information content (AvgIpc) is 2.75. The highest BCUT2D eigenvalue weighted by Crippen LogP contribution is 2.30. The molecular weight excluding hydrogens is 422 g/mol. The molecule has 6 nitrogen and oxygen atoms in total. The fraction of sp³-hybridized carbons (Fsp3) is 0.409. The lowest BCUT2D eigenvalue weighted by molar-refractivity contribution is -0.115. The largest absolute Gasteiger partial charge is 0.325 e. The highest BCUT2D eigenvalue weighted by molar-refractivity contribution is 7.93. The summed E-state index contributed by atoms with van der Waals surface area (Å²) in [6.45, 7) is 2.21. The summed E-state index contributed by atoms with van der Waals surface area (Å²) in [6, 6.07) is 13.8.